The topological polar surface area (TPSA) is 4.93 Å². The van der Waals surface area contributed by atoms with E-state index in [1.54, 1.807) is 0 Å². The van der Waals surface area contributed by atoms with Gasteiger partial charge in [0.25, 0.3) is 0 Å². The van der Waals surface area contributed by atoms with E-state index in [4.69, 9.17) is 0 Å². The first-order valence-electron chi connectivity index (χ1n) is 10.2. The van der Waals surface area contributed by atoms with Crippen LogP contribution >= 0.6 is 0 Å². The van der Waals surface area contributed by atoms with Crippen molar-refractivity contribution in [1.82, 2.24) is 4.57 Å². The maximum absolute atomic E-state index is 2.39. The highest BCUT2D eigenvalue weighted by Gasteiger charge is 2.12. The molecule has 0 saturated carbocycles. The minimum absolute atomic E-state index is 0.622. The van der Waals surface area contributed by atoms with Crippen molar-refractivity contribution >= 4 is 52.5 Å². The summed E-state index contributed by atoms with van der Waals surface area (Å²) in [5.74, 6) is 0. The average Bonchev–Trinajstić information content (AvgIpc) is 3.14. The molecule has 5 aromatic carbocycles. The Balaban J connectivity index is 1.51. The van der Waals surface area contributed by atoms with Gasteiger partial charge >= 0.3 is 0 Å². The number of benzene rings is 5. The number of hydrogen-bond donors (Lipinski definition) is 0. The molecule has 6 aromatic rings. The first-order valence-corrected chi connectivity index (χ1v) is 11.2. The zero-order valence-electron chi connectivity index (χ0n) is 16.4. The third kappa shape index (κ3) is 2.77. The van der Waals surface area contributed by atoms with Gasteiger partial charge in [0, 0.05) is 16.5 Å². The quantitative estimate of drug-likeness (QED) is 0.343. The van der Waals surface area contributed by atoms with E-state index in [9.17, 15) is 0 Å². The predicted octanol–water partition coefficient (Wildman–Crippen LogP) is 5.59. The molecule has 0 spiro atoms. The van der Waals surface area contributed by atoms with Crippen molar-refractivity contribution in [2.75, 3.05) is 0 Å². The van der Waals surface area contributed by atoms with E-state index in [2.05, 4.69) is 120 Å². The summed E-state index contributed by atoms with van der Waals surface area (Å²) < 4.78 is 2.39. The lowest BCUT2D eigenvalue weighted by Gasteiger charge is -2.11. The number of nitrogens with zero attached hydrogens (tertiary/aromatic N) is 1. The minimum atomic E-state index is 0.622. The molecular weight excluding hydrogens is 378 g/mol. The van der Waals surface area contributed by atoms with Crippen LogP contribution < -0.4 is 10.4 Å². The second-order valence-electron chi connectivity index (χ2n) is 7.57. The Morgan fingerprint density at radius 2 is 1.10 bits per heavy atom. The molecule has 6 rings (SSSR count). The van der Waals surface area contributed by atoms with E-state index in [-0.39, 0.29) is 0 Å². The molecule has 0 bridgehead atoms. The number of para-hydroxylation sites is 2. The Labute approximate surface area is 178 Å². The molecule has 0 saturated heterocycles. The number of rotatable bonds is 3. The monoisotopic (exact) mass is 397 g/mol. The summed E-state index contributed by atoms with van der Waals surface area (Å²) in [7, 11) is 0.622. The second kappa shape index (κ2) is 7.01. The van der Waals surface area contributed by atoms with Crippen molar-refractivity contribution in [1.29, 1.82) is 0 Å². The summed E-state index contributed by atoms with van der Waals surface area (Å²) >= 11 is 0. The molecule has 0 N–H and O–H groups in total. The summed E-state index contributed by atoms with van der Waals surface area (Å²) in [6.07, 6.45) is 0. The van der Waals surface area contributed by atoms with Crippen LogP contribution in [0.2, 0.25) is 0 Å². The summed E-state index contributed by atoms with van der Waals surface area (Å²) in [5.41, 5.74) is 3.73. The molecule has 0 aliphatic heterocycles. The van der Waals surface area contributed by atoms with Crippen LogP contribution in [0.5, 0.6) is 0 Å². The Bertz CT molecular complexity index is 1470. The molecule has 1 nitrogen and oxygen atoms in total. The zero-order valence-corrected chi connectivity index (χ0v) is 17.4. The van der Waals surface area contributed by atoms with Crippen LogP contribution in [0.4, 0.5) is 0 Å². The SMILES string of the molecule is c1cc([Si]c2cccc3ccccc23)cc(-n2c3ccccc3c3ccccc32)c1. The van der Waals surface area contributed by atoms with Crippen LogP contribution in [-0.4, -0.2) is 14.1 Å². The van der Waals surface area contributed by atoms with Gasteiger partial charge < -0.3 is 4.57 Å². The molecule has 0 atom stereocenters. The fourth-order valence-electron chi connectivity index (χ4n) is 4.41. The van der Waals surface area contributed by atoms with E-state index in [0.29, 0.717) is 9.52 Å². The number of fused-ring (bicyclic) bond motifs is 4. The highest BCUT2D eigenvalue weighted by atomic mass is 28.2. The fourth-order valence-corrected chi connectivity index (χ4v) is 5.67. The third-order valence-electron chi connectivity index (χ3n) is 5.75. The lowest BCUT2D eigenvalue weighted by atomic mass is 10.1. The molecule has 2 heteroatoms. The normalized spacial score (nSPS) is 11.5. The first-order chi connectivity index (χ1) is 14.9. The van der Waals surface area contributed by atoms with Crippen molar-refractivity contribution < 1.29 is 0 Å². The van der Waals surface area contributed by atoms with Gasteiger partial charge in [0.05, 0.1) is 11.0 Å². The molecule has 0 fully saturated rings. The maximum Gasteiger partial charge on any atom is 0.122 e. The van der Waals surface area contributed by atoms with E-state index in [0.717, 1.165) is 0 Å². The van der Waals surface area contributed by atoms with Crippen molar-refractivity contribution in [3.63, 3.8) is 0 Å². The molecule has 0 aliphatic carbocycles. The van der Waals surface area contributed by atoms with Gasteiger partial charge in [0.2, 0.25) is 0 Å². The first kappa shape index (κ1) is 17.3. The molecule has 140 valence electrons. The van der Waals surface area contributed by atoms with Gasteiger partial charge in [-0.05, 0) is 35.0 Å². The summed E-state index contributed by atoms with van der Waals surface area (Å²) in [6.45, 7) is 0. The third-order valence-corrected chi connectivity index (χ3v) is 7.06. The lowest BCUT2D eigenvalue weighted by molar-refractivity contribution is 1.18. The largest absolute Gasteiger partial charge is 0.309 e. The Morgan fingerprint density at radius 1 is 0.500 bits per heavy atom. The molecular formula is C28H19NSi. The van der Waals surface area contributed by atoms with Gasteiger partial charge in [0.1, 0.15) is 9.52 Å². The lowest BCUT2D eigenvalue weighted by Crippen LogP contribution is -2.27. The molecule has 0 aliphatic rings. The van der Waals surface area contributed by atoms with E-state index < -0.39 is 0 Å². The van der Waals surface area contributed by atoms with Crippen LogP contribution in [0.1, 0.15) is 0 Å². The van der Waals surface area contributed by atoms with Crippen LogP contribution in [0.15, 0.2) is 115 Å². The van der Waals surface area contributed by atoms with Crippen LogP contribution in [0.25, 0.3) is 38.3 Å². The Morgan fingerprint density at radius 3 is 1.87 bits per heavy atom. The minimum Gasteiger partial charge on any atom is -0.309 e. The molecule has 2 radical (unpaired) electrons. The fraction of sp³-hybridized carbons (Fsp3) is 0. The number of aromatic nitrogens is 1. The molecule has 30 heavy (non-hydrogen) atoms. The van der Waals surface area contributed by atoms with Crippen LogP contribution in [0.3, 0.4) is 0 Å². The molecule has 0 amide bonds. The van der Waals surface area contributed by atoms with Crippen molar-refractivity contribution in [3.05, 3.63) is 115 Å². The maximum atomic E-state index is 2.39. The summed E-state index contributed by atoms with van der Waals surface area (Å²) in [6, 6.07) is 41.6. The predicted molar refractivity (Wildman–Crippen MR) is 130 cm³/mol. The second-order valence-corrected chi connectivity index (χ2v) is 8.94. The van der Waals surface area contributed by atoms with Gasteiger partial charge in [-0.1, -0.05) is 101 Å². The van der Waals surface area contributed by atoms with Crippen molar-refractivity contribution in [2.45, 2.75) is 0 Å². The van der Waals surface area contributed by atoms with Crippen LogP contribution in [-0.2, 0) is 0 Å². The van der Waals surface area contributed by atoms with Crippen molar-refractivity contribution in [2.24, 2.45) is 0 Å². The van der Waals surface area contributed by atoms with E-state index in [1.807, 2.05) is 0 Å². The van der Waals surface area contributed by atoms with E-state index >= 15 is 0 Å². The zero-order chi connectivity index (χ0) is 19.9. The molecule has 1 heterocycles. The molecule has 1 aromatic heterocycles. The van der Waals surface area contributed by atoms with E-state index in [1.165, 1.54) is 48.6 Å². The Hall–Kier alpha value is -3.62. The summed E-state index contributed by atoms with van der Waals surface area (Å²) in [4.78, 5) is 0. The highest BCUT2D eigenvalue weighted by Crippen LogP contribution is 2.31. The Kier molecular flexibility index (Phi) is 4.03. The van der Waals surface area contributed by atoms with Crippen LogP contribution in [0, 0.1) is 0 Å². The van der Waals surface area contributed by atoms with Gasteiger partial charge in [-0.15, -0.1) is 0 Å². The van der Waals surface area contributed by atoms with Gasteiger partial charge in [0.15, 0.2) is 0 Å². The van der Waals surface area contributed by atoms with Gasteiger partial charge in [-0.2, -0.15) is 0 Å². The van der Waals surface area contributed by atoms with Crippen molar-refractivity contribution in [3.8, 4) is 5.69 Å². The number of hydrogen-bond acceptors (Lipinski definition) is 0. The van der Waals surface area contributed by atoms with Gasteiger partial charge in [-0.25, -0.2) is 0 Å². The molecule has 0 unspecified atom stereocenters. The average molecular weight is 398 g/mol. The highest BCUT2D eigenvalue weighted by molar-refractivity contribution is 6.69. The smallest absolute Gasteiger partial charge is 0.122 e. The van der Waals surface area contributed by atoms with Gasteiger partial charge in [-0.3, -0.25) is 0 Å². The summed E-state index contributed by atoms with van der Waals surface area (Å²) in [5, 5.41) is 8.00. The standard InChI is InChI=1S/C28H19NSi/c1-2-13-23-20(9-1)10-7-18-28(23)30-22-12-8-11-21(19-22)29-26-16-5-3-14-24(26)25-15-4-6-17-27(25)29/h1-19H.